The molecular formula is C15H23NO2S. The van der Waals surface area contributed by atoms with E-state index < -0.39 is 6.10 Å². The van der Waals surface area contributed by atoms with E-state index in [0.29, 0.717) is 5.75 Å². The van der Waals surface area contributed by atoms with Crippen LogP contribution >= 0.6 is 11.8 Å². The van der Waals surface area contributed by atoms with Gasteiger partial charge in [-0.25, -0.2) is 0 Å². The Morgan fingerprint density at radius 1 is 1.47 bits per heavy atom. The molecule has 1 aromatic carbocycles. The van der Waals surface area contributed by atoms with Gasteiger partial charge in [0.2, 0.25) is 5.91 Å². The van der Waals surface area contributed by atoms with Crippen LogP contribution in [0.25, 0.3) is 0 Å². The van der Waals surface area contributed by atoms with Gasteiger partial charge < -0.3 is 10.4 Å². The first kappa shape index (κ1) is 16.1. The summed E-state index contributed by atoms with van der Waals surface area (Å²) in [6.07, 6.45) is 0.425. The van der Waals surface area contributed by atoms with Gasteiger partial charge in [-0.3, -0.25) is 4.79 Å². The number of hydrogen-bond donors (Lipinski definition) is 2. The quantitative estimate of drug-likeness (QED) is 0.788. The van der Waals surface area contributed by atoms with Crippen molar-refractivity contribution in [1.82, 2.24) is 5.32 Å². The molecule has 4 heteroatoms. The van der Waals surface area contributed by atoms with Gasteiger partial charge in [0.15, 0.2) is 0 Å². The molecular weight excluding hydrogens is 258 g/mol. The van der Waals surface area contributed by atoms with Crippen molar-refractivity contribution in [3.05, 3.63) is 29.8 Å². The molecule has 0 bridgehead atoms. The largest absolute Gasteiger partial charge is 0.389 e. The summed E-state index contributed by atoms with van der Waals surface area (Å²) in [4.78, 5) is 12.8. The summed E-state index contributed by atoms with van der Waals surface area (Å²) in [5, 5.41) is 12.5. The second kappa shape index (κ2) is 6.96. The van der Waals surface area contributed by atoms with Gasteiger partial charge in [-0.05, 0) is 44.9 Å². The molecule has 0 fully saturated rings. The highest BCUT2D eigenvalue weighted by Gasteiger charge is 2.17. The maximum absolute atomic E-state index is 11.8. The number of aliphatic hydroxyl groups is 1. The number of nitrogens with one attached hydrogen (secondary N) is 1. The predicted octanol–water partition coefficient (Wildman–Crippen LogP) is 3.14. The molecule has 1 unspecified atom stereocenters. The van der Waals surface area contributed by atoms with Crippen molar-refractivity contribution in [1.29, 1.82) is 0 Å². The van der Waals surface area contributed by atoms with Crippen LogP contribution < -0.4 is 5.32 Å². The van der Waals surface area contributed by atoms with Gasteiger partial charge in [-0.1, -0.05) is 19.1 Å². The van der Waals surface area contributed by atoms with Crippen LogP contribution in [0, 0.1) is 0 Å². The summed E-state index contributed by atoms with van der Waals surface area (Å²) < 4.78 is 0. The van der Waals surface area contributed by atoms with Crippen molar-refractivity contribution >= 4 is 17.7 Å². The lowest BCUT2D eigenvalue weighted by Crippen LogP contribution is -2.43. The van der Waals surface area contributed by atoms with E-state index in [9.17, 15) is 9.90 Å². The Bertz CT molecular complexity index is 430. The molecule has 0 aliphatic carbocycles. The van der Waals surface area contributed by atoms with Crippen LogP contribution in [0.1, 0.15) is 45.8 Å². The molecule has 3 nitrogen and oxygen atoms in total. The molecule has 0 aromatic heterocycles. The fourth-order valence-corrected chi connectivity index (χ4v) is 2.28. The van der Waals surface area contributed by atoms with E-state index in [2.05, 4.69) is 12.2 Å². The van der Waals surface area contributed by atoms with Gasteiger partial charge in [0, 0.05) is 10.4 Å². The molecule has 0 aliphatic heterocycles. The molecule has 1 rings (SSSR count). The van der Waals surface area contributed by atoms with Crippen LogP contribution in [-0.2, 0) is 4.79 Å². The minimum absolute atomic E-state index is 0.0410. The molecule has 0 saturated heterocycles. The molecule has 0 saturated carbocycles. The molecule has 1 atom stereocenters. The summed E-state index contributed by atoms with van der Waals surface area (Å²) in [6, 6.07) is 7.66. The molecule has 19 heavy (non-hydrogen) atoms. The number of hydrogen-bond acceptors (Lipinski definition) is 3. The Hall–Kier alpha value is -1.00. The third-order valence-corrected chi connectivity index (χ3v) is 4.07. The standard InChI is InChI=1S/C15H23NO2S/c1-5-15(3,4)16-14(18)10-19-13-8-6-7-12(9-13)11(2)17/h6-9,11,17H,5,10H2,1-4H3,(H,16,18). The van der Waals surface area contributed by atoms with E-state index in [-0.39, 0.29) is 11.4 Å². The van der Waals surface area contributed by atoms with Crippen molar-refractivity contribution < 1.29 is 9.90 Å². The highest BCUT2D eigenvalue weighted by molar-refractivity contribution is 8.00. The van der Waals surface area contributed by atoms with E-state index in [4.69, 9.17) is 0 Å². The zero-order valence-electron chi connectivity index (χ0n) is 12.1. The van der Waals surface area contributed by atoms with Gasteiger partial charge in [-0.2, -0.15) is 0 Å². The lowest BCUT2D eigenvalue weighted by molar-refractivity contribution is -0.120. The van der Waals surface area contributed by atoms with Crippen LogP contribution in [0.15, 0.2) is 29.2 Å². The number of amides is 1. The molecule has 1 aromatic rings. The average molecular weight is 281 g/mol. The zero-order valence-corrected chi connectivity index (χ0v) is 12.9. The van der Waals surface area contributed by atoms with Crippen LogP contribution in [0.3, 0.4) is 0 Å². The Kier molecular flexibility index (Phi) is 5.88. The number of carbonyl (C=O) groups excluding carboxylic acids is 1. The first-order chi connectivity index (χ1) is 8.84. The van der Waals surface area contributed by atoms with Gasteiger partial charge in [0.25, 0.3) is 0 Å². The lowest BCUT2D eigenvalue weighted by atomic mass is 10.0. The summed E-state index contributed by atoms with van der Waals surface area (Å²) in [5.74, 6) is 0.437. The van der Waals surface area contributed by atoms with Gasteiger partial charge in [-0.15, -0.1) is 11.8 Å². The Labute approximate surface area is 119 Å². The molecule has 2 N–H and O–H groups in total. The highest BCUT2D eigenvalue weighted by Crippen LogP contribution is 2.22. The predicted molar refractivity (Wildman–Crippen MR) is 80.3 cm³/mol. The van der Waals surface area contributed by atoms with Gasteiger partial charge in [0.1, 0.15) is 0 Å². The average Bonchev–Trinajstić information content (AvgIpc) is 2.36. The van der Waals surface area contributed by atoms with Crippen LogP contribution in [0.2, 0.25) is 0 Å². The molecule has 0 heterocycles. The minimum Gasteiger partial charge on any atom is -0.389 e. The summed E-state index contributed by atoms with van der Waals surface area (Å²) in [7, 11) is 0. The molecule has 0 aliphatic rings. The lowest BCUT2D eigenvalue weighted by Gasteiger charge is -2.24. The Balaban J connectivity index is 2.53. The first-order valence-electron chi connectivity index (χ1n) is 6.56. The second-order valence-electron chi connectivity index (χ2n) is 5.32. The van der Waals surface area contributed by atoms with Crippen LogP contribution in [0.4, 0.5) is 0 Å². The number of rotatable bonds is 6. The molecule has 1 amide bonds. The van der Waals surface area contributed by atoms with Crippen LogP contribution in [0.5, 0.6) is 0 Å². The normalized spacial score (nSPS) is 13.1. The van der Waals surface area contributed by atoms with Crippen molar-refractivity contribution in [2.24, 2.45) is 0 Å². The summed E-state index contributed by atoms with van der Waals surface area (Å²) >= 11 is 1.49. The van der Waals surface area contributed by atoms with Crippen LogP contribution in [-0.4, -0.2) is 22.3 Å². The van der Waals surface area contributed by atoms with E-state index in [1.165, 1.54) is 11.8 Å². The SMILES string of the molecule is CCC(C)(C)NC(=O)CSc1cccc(C(C)O)c1. The topological polar surface area (TPSA) is 49.3 Å². The van der Waals surface area contributed by atoms with Gasteiger partial charge in [0.05, 0.1) is 11.9 Å². The fraction of sp³-hybridized carbons (Fsp3) is 0.533. The van der Waals surface area contributed by atoms with Gasteiger partial charge >= 0.3 is 0 Å². The van der Waals surface area contributed by atoms with E-state index in [0.717, 1.165) is 16.9 Å². The number of aliphatic hydroxyl groups excluding tert-OH is 1. The van der Waals surface area contributed by atoms with E-state index >= 15 is 0 Å². The van der Waals surface area contributed by atoms with Crippen molar-refractivity contribution in [3.63, 3.8) is 0 Å². The minimum atomic E-state index is -0.478. The molecule has 0 spiro atoms. The first-order valence-corrected chi connectivity index (χ1v) is 7.54. The Morgan fingerprint density at radius 2 is 2.16 bits per heavy atom. The summed E-state index contributed by atoms with van der Waals surface area (Å²) in [5.41, 5.74) is 0.721. The molecule has 106 valence electrons. The van der Waals surface area contributed by atoms with E-state index in [1.54, 1.807) is 6.92 Å². The number of benzene rings is 1. The molecule has 0 radical (unpaired) electrons. The third-order valence-electron chi connectivity index (χ3n) is 3.07. The van der Waals surface area contributed by atoms with Crippen molar-refractivity contribution in [3.8, 4) is 0 Å². The third kappa shape index (κ3) is 5.66. The maximum Gasteiger partial charge on any atom is 0.230 e. The zero-order chi connectivity index (χ0) is 14.5. The highest BCUT2D eigenvalue weighted by atomic mass is 32.2. The van der Waals surface area contributed by atoms with E-state index in [1.807, 2.05) is 38.1 Å². The Morgan fingerprint density at radius 3 is 2.74 bits per heavy atom. The maximum atomic E-state index is 11.8. The summed E-state index contributed by atoms with van der Waals surface area (Å²) in [6.45, 7) is 7.83. The van der Waals surface area contributed by atoms with Crippen molar-refractivity contribution in [2.75, 3.05) is 5.75 Å². The number of thioether (sulfide) groups is 1. The second-order valence-corrected chi connectivity index (χ2v) is 6.37. The fourth-order valence-electron chi connectivity index (χ4n) is 1.51. The van der Waals surface area contributed by atoms with Crippen molar-refractivity contribution in [2.45, 2.75) is 50.7 Å². The smallest absolute Gasteiger partial charge is 0.230 e. The monoisotopic (exact) mass is 281 g/mol. The number of carbonyl (C=O) groups is 1.